The molecule has 0 aliphatic heterocycles. The normalized spacial score (nSPS) is 11.1. The number of hydrogen-bond donors (Lipinski definition) is 1. The van der Waals surface area contributed by atoms with Crippen LogP contribution in [0.25, 0.3) is 10.8 Å². The first kappa shape index (κ1) is 19.6. The van der Waals surface area contributed by atoms with Crippen molar-refractivity contribution in [1.82, 2.24) is 9.55 Å². The summed E-state index contributed by atoms with van der Waals surface area (Å²) < 4.78 is 6.52. The average Bonchev–Trinajstić information content (AvgIpc) is 2.64. The van der Waals surface area contributed by atoms with E-state index in [0.29, 0.717) is 24.1 Å². The van der Waals surface area contributed by atoms with Crippen LogP contribution >= 0.6 is 0 Å². The molecule has 0 aliphatic carbocycles. The van der Waals surface area contributed by atoms with Gasteiger partial charge in [-0.15, -0.1) is 0 Å². The number of nitrogens with one attached hydrogen (secondary N) is 1. The highest BCUT2D eigenvalue weighted by Crippen LogP contribution is 2.22. The Morgan fingerprint density at radius 3 is 2.54 bits per heavy atom. The Morgan fingerprint density at radius 2 is 1.82 bits per heavy atom. The number of carbonyl (C=O) groups is 1. The van der Waals surface area contributed by atoms with Crippen LogP contribution < -0.4 is 11.2 Å². The molecule has 0 saturated heterocycles. The summed E-state index contributed by atoms with van der Waals surface area (Å²) in [5.41, 5.74) is 1.04. The molecule has 0 saturated carbocycles. The van der Waals surface area contributed by atoms with Crippen LogP contribution in [0.1, 0.15) is 37.6 Å². The highest BCUT2D eigenvalue weighted by molar-refractivity contribution is 5.85. The largest absolute Gasteiger partial charge is 0.462 e. The number of carbonyl (C=O) groups excluding carboxylic acids is 1. The maximum Gasteiger partial charge on any atom is 0.329 e. The fourth-order valence-corrected chi connectivity index (χ4v) is 3.45. The Balaban J connectivity index is 2.13. The number of esters is 1. The number of nitrogens with zero attached hydrogens (tertiary/aromatic N) is 1. The van der Waals surface area contributed by atoms with Crippen molar-refractivity contribution in [3.8, 4) is 0 Å². The third-order valence-corrected chi connectivity index (χ3v) is 4.66. The summed E-state index contributed by atoms with van der Waals surface area (Å²) in [6.45, 7) is 5.13. The molecule has 1 heterocycles. The van der Waals surface area contributed by atoms with Gasteiger partial charge in [0.05, 0.1) is 6.10 Å². The number of fused-ring (bicyclic) bond motifs is 1. The lowest BCUT2D eigenvalue weighted by Crippen LogP contribution is -2.37. The van der Waals surface area contributed by atoms with Crippen molar-refractivity contribution in [2.75, 3.05) is 0 Å². The van der Waals surface area contributed by atoms with E-state index in [1.807, 2.05) is 49.4 Å². The minimum Gasteiger partial charge on any atom is -0.462 e. The molecule has 0 spiro atoms. The smallest absolute Gasteiger partial charge is 0.329 e. The predicted molar refractivity (Wildman–Crippen MR) is 109 cm³/mol. The van der Waals surface area contributed by atoms with E-state index < -0.39 is 17.2 Å². The number of H-pyrrole nitrogens is 1. The highest BCUT2D eigenvalue weighted by atomic mass is 16.5. The number of aromatic nitrogens is 2. The van der Waals surface area contributed by atoms with Gasteiger partial charge in [0.25, 0.3) is 5.56 Å². The summed E-state index contributed by atoms with van der Waals surface area (Å²) in [5, 5.41) is 2.13. The second kappa shape index (κ2) is 8.25. The topological polar surface area (TPSA) is 81.2 Å². The van der Waals surface area contributed by atoms with Gasteiger partial charge in [-0.05, 0) is 36.6 Å². The molecule has 0 amide bonds. The maximum absolute atomic E-state index is 12.5. The fourth-order valence-electron chi connectivity index (χ4n) is 3.45. The van der Waals surface area contributed by atoms with E-state index in [9.17, 15) is 14.4 Å². The van der Waals surface area contributed by atoms with Crippen LogP contribution in [-0.2, 0) is 28.9 Å². The lowest BCUT2D eigenvalue weighted by molar-refractivity contribution is -0.148. The van der Waals surface area contributed by atoms with E-state index in [4.69, 9.17) is 4.74 Å². The van der Waals surface area contributed by atoms with Gasteiger partial charge >= 0.3 is 11.7 Å². The molecule has 0 radical (unpaired) electrons. The van der Waals surface area contributed by atoms with Gasteiger partial charge in [0.1, 0.15) is 6.54 Å². The number of hydrogen-bond acceptors (Lipinski definition) is 4. The molecule has 3 aromatic rings. The number of ether oxygens (including phenoxy) is 1. The molecule has 0 unspecified atom stereocenters. The van der Waals surface area contributed by atoms with Crippen molar-refractivity contribution in [1.29, 1.82) is 0 Å². The molecule has 2 aromatic carbocycles. The molecule has 6 nitrogen and oxygen atoms in total. The Hall–Kier alpha value is -3.15. The van der Waals surface area contributed by atoms with Gasteiger partial charge in [-0.25, -0.2) is 4.79 Å². The van der Waals surface area contributed by atoms with Crippen LogP contribution in [-0.4, -0.2) is 21.6 Å². The van der Waals surface area contributed by atoms with Crippen LogP contribution in [0.3, 0.4) is 0 Å². The van der Waals surface area contributed by atoms with Gasteiger partial charge in [-0.3, -0.25) is 19.1 Å². The summed E-state index contributed by atoms with van der Waals surface area (Å²) in [7, 11) is 0. The molecule has 1 N–H and O–H groups in total. The van der Waals surface area contributed by atoms with Crippen LogP contribution in [0.15, 0.2) is 52.1 Å². The van der Waals surface area contributed by atoms with E-state index in [-0.39, 0.29) is 12.6 Å². The molecule has 0 atom stereocenters. The van der Waals surface area contributed by atoms with Crippen LogP contribution in [0.2, 0.25) is 0 Å². The SMILES string of the molecule is CCc1c(Cc2cccc3ccccc23)n(CC(=O)OC(C)C)c(=O)[nH]c1=O. The highest BCUT2D eigenvalue weighted by Gasteiger charge is 2.18. The Labute approximate surface area is 162 Å². The van der Waals surface area contributed by atoms with Gasteiger partial charge in [0, 0.05) is 17.7 Å². The van der Waals surface area contributed by atoms with Crippen LogP contribution in [0, 0.1) is 0 Å². The van der Waals surface area contributed by atoms with E-state index >= 15 is 0 Å². The fraction of sp³-hybridized carbons (Fsp3) is 0.318. The van der Waals surface area contributed by atoms with Crippen molar-refractivity contribution < 1.29 is 9.53 Å². The first-order chi connectivity index (χ1) is 13.4. The van der Waals surface area contributed by atoms with Gasteiger partial charge < -0.3 is 4.74 Å². The zero-order chi connectivity index (χ0) is 20.3. The monoisotopic (exact) mass is 380 g/mol. The lowest BCUT2D eigenvalue weighted by atomic mass is 9.98. The average molecular weight is 380 g/mol. The van der Waals surface area contributed by atoms with Crippen molar-refractivity contribution in [2.24, 2.45) is 0 Å². The summed E-state index contributed by atoms with van der Waals surface area (Å²) >= 11 is 0. The van der Waals surface area contributed by atoms with Gasteiger partial charge in [0.15, 0.2) is 0 Å². The molecular formula is C22H24N2O4. The minimum atomic E-state index is -0.599. The molecule has 146 valence electrons. The van der Waals surface area contributed by atoms with Gasteiger partial charge in [-0.1, -0.05) is 49.4 Å². The summed E-state index contributed by atoms with van der Waals surface area (Å²) in [4.78, 5) is 39.4. The molecule has 1 aromatic heterocycles. The second-order valence-corrected chi connectivity index (χ2v) is 6.98. The Bertz CT molecular complexity index is 1120. The number of aromatic amines is 1. The molecule has 3 rings (SSSR count). The van der Waals surface area contributed by atoms with E-state index in [1.165, 1.54) is 4.57 Å². The van der Waals surface area contributed by atoms with Crippen molar-refractivity contribution in [3.63, 3.8) is 0 Å². The Morgan fingerprint density at radius 1 is 1.11 bits per heavy atom. The maximum atomic E-state index is 12.5. The minimum absolute atomic E-state index is 0.235. The third-order valence-electron chi connectivity index (χ3n) is 4.66. The molecule has 6 heteroatoms. The standard InChI is InChI=1S/C22H24N2O4/c1-4-17-19(12-16-10-7-9-15-8-5-6-11-18(15)16)24(22(27)23-21(17)26)13-20(25)28-14(2)3/h5-11,14H,4,12-13H2,1-3H3,(H,23,26,27). The van der Waals surface area contributed by atoms with Crippen molar-refractivity contribution >= 4 is 16.7 Å². The molecular weight excluding hydrogens is 356 g/mol. The van der Waals surface area contributed by atoms with E-state index in [2.05, 4.69) is 4.98 Å². The molecule has 0 fully saturated rings. The molecule has 0 bridgehead atoms. The summed E-state index contributed by atoms with van der Waals surface area (Å²) in [5.74, 6) is -0.509. The van der Waals surface area contributed by atoms with Crippen LogP contribution in [0.4, 0.5) is 0 Å². The predicted octanol–water partition coefficient (Wildman–Crippen LogP) is 2.79. The number of rotatable bonds is 6. The third kappa shape index (κ3) is 4.06. The van der Waals surface area contributed by atoms with Gasteiger partial charge in [0.2, 0.25) is 0 Å². The summed E-state index contributed by atoms with van der Waals surface area (Å²) in [6.07, 6.45) is 0.547. The zero-order valence-electron chi connectivity index (χ0n) is 16.3. The quantitative estimate of drug-likeness (QED) is 0.667. The Kier molecular flexibility index (Phi) is 5.78. The lowest BCUT2D eigenvalue weighted by Gasteiger charge is -2.17. The van der Waals surface area contributed by atoms with E-state index in [1.54, 1.807) is 13.8 Å². The summed E-state index contributed by atoms with van der Waals surface area (Å²) in [6, 6.07) is 13.9. The first-order valence-corrected chi connectivity index (χ1v) is 9.41. The second-order valence-electron chi connectivity index (χ2n) is 6.98. The first-order valence-electron chi connectivity index (χ1n) is 9.41. The van der Waals surface area contributed by atoms with Crippen molar-refractivity contribution in [3.05, 3.63) is 80.1 Å². The number of benzene rings is 2. The van der Waals surface area contributed by atoms with Crippen LogP contribution in [0.5, 0.6) is 0 Å². The zero-order valence-corrected chi connectivity index (χ0v) is 16.3. The molecule has 28 heavy (non-hydrogen) atoms. The van der Waals surface area contributed by atoms with Gasteiger partial charge in [-0.2, -0.15) is 0 Å². The van der Waals surface area contributed by atoms with E-state index in [0.717, 1.165) is 16.3 Å². The molecule has 0 aliphatic rings. The van der Waals surface area contributed by atoms with Crippen molar-refractivity contribution in [2.45, 2.75) is 46.3 Å².